The van der Waals surface area contributed by atoms with Crippen molar-refractivity contribution in [2.45, 2.75) is 6.42 Å². The summed E-state index contributed by atoms with van der Waals surface area (Å²) >= 11 is 0. The van der Waals surface area contributed by atoms with Crippen molar-refractivity contribution in [2.24, 2.45) is 11.7 Å². The van der Waals surface area contributed by atoms with Crippen molar-refractivity contribution in [3.63, 3.8) is 0 Å². The summed E-state index contributed by atoms with van der Waals surface area (Å²) in [6.07, 6.45) is 0.697. The lowest BCUT2D eigenvalue weighted by atomic mass is 10.1. The Morgan fingerprint density at radius 1 is 1.50 bits per heavy atom. The van der Waals surface area contributed by atoms with Gasteiger partial charge in [-0.3, -0.25) is 0 Å². The molecule has 0 radical (unpaired) electrons. The molecule has 0 aromatic rings. The number of urea groups is 1. The number of primary amides is 1. The molecule has 5 nitrogen and oxygen atoms in total. The minimum atomic E-state index is -2.73. The third kappa shape index (κ3) is 2.69. The highest BCUT2D eigenvalue weighted by atomic mass is 32.2. The highest BCUT2D eigenvalue weighted by molar-refractivity contribution is 7.92. The topological polar surface area (TPSA) is 89.3 Å². The number of rotatable bonds is 3. The Labute approximate surface area is 71.2 Å². The fraction of sp³-hybridized carbons (Fsp3) is 0.833. The summed E-state index contributed by atoms with van der Waals surface area (Å²) < 4.78 is 21.4. The number of nitrogens with two attached hydrogens (primary N) is 1. The van der Waals surface area contributed by atoms with Crippen LogP contribution in [0.15, 0.2) is 0 Å². The molecule has 1 heterocycles. The number of amides is 2. The first-order chi connectivity index (χ1) is 5.49. The van der Waals surface area contributed by atoms with E-state index in [9.17, 15) is 13.2 Å². The smallest absolute Gasteiger partial charge is 0.312 e. The van der Waals surface area contributed by atoms with Crippen LogP contribution in [0.3, 0.4) is 0 Å². The van der Waals surface area contributed by atoms with Crippen molar-refractivity contribution in [1.82, 2.24) is 5.32 Å². The van der Waals surface area contributed by atoms with Gasteiger partial charge in [0, 0.05) is 6.54 Å². The van der Waals surface area contributed by atoms with E-state index in [0.29, 0.717) is 13.0 Å². The van der Waals surface area contributed by atoms with Gasteiger partial charge in [0.1, 0.15) is 0 Å². The van der Waals surface area contributed by atoms with E-state index in [1.54, 1.807) is 0 Å². The summed E-state index contributed by atoms with van der Waals surface area (Å²) in [5.41, 5.74) is 4.82. The highest BCUT2D eigenvalue weighted by Gasteiger charge is 2.32. The van der Waals surface area contributed by atoms with E-state index >= 15 is 0 Å². The maximum Gasteiger partial charge on any atom is 0.312 e. The summed E-state index contributed by atoms with van der Waals surface area (Å²) in [6, 6.07) is -0.558. The summed E-state index contributed by atoms with van der Waals surface area (Å²) in [4.78, 5) is 10.2. The maximum absolute atomic E-state index is 10.7. The van der Waals surface area contributed by atoms with Gasteiger partial charge in [-0.05, 0) is 12.3 Å². The van der Waals surface area contributed by atoms with Crippen LogP contribution in [-0.2, 0) is 9.84 Å². The van der Waals surface area contributed by atoms with E-state index in [4.69, 9.17) is 5.73 Å². The van der Waals surface area contributed by atoms with Gasteiger partial charge in [-0.15, -0.1) is 0 Å². The monoisotopic (exact) mass is 192 g/mol. The molecule has 0 aromatic heterocycles. The highest BCUT2D eigenvalue weighted by Crippen LogP contribution is 2.20. The van der Waals surface area contributed by atoms with E-state index in [-0.39, 0.29) is 17.4 Å². The standard InChI is InChI=1S/C6H12N2O3S/c7-6(9)8-2-1-5-3-12(10,11)4-5/h5H,1-4H2,(H3,7,8,9). The molecule has 1 rings (SSSR count). The molecule has 0 atom stereocenters. The Kier molecular flexibility index (Phi) is 2.56. The van der Waals surface area contributed by atoms with E-state index < -0.39 is 15.9 Å². The van der Waals surface area contributed by atoms with Gasteiger partial charge in [-0.25, -0.2) is 13.2 Å². The molecule has 0 unspecified atom stereocenters. The average Bonchev–Trinajstić information content (AvgIpc) is 1.82. The normalized spacial score (nSPS) is 21.3. The van der Waals surface area contributed by atoms with Crippen molar-refractivity contribution in [1.29, 1.82) is 0 Å². The van der Waals surface area contributed by atoms with Gasteiger partial charge in [0.05, 0.1) is 11.5 Å². The van der Waals surface area contributed by atoms with Crippen LogP contribution in [-0.4, -0.2) is 32.5 Å². The molecule has 2 amide bonds. The minimum absolute atomic E-state index is 0.210. The first kappa shape index (κ1) is 9.31. The van der Waals surface area contributed by atoms with Gasteiger partial charge in [0.2, 0.25) is 0 Å². The Balaban J connectivity index is 2.08. The van der Waals surface area contributed by atoms with Gasteiger partial charge in [0.25, 0.3) is 0 Å². The molecule has 1 aliphatic heterocycles. The van der Waals surface area contributed by atoms with Crippen molar-refractivity contribution < 1.29 is 13.2 Å². The van der Waals surface area contributed by atoms with Crippen molar-refractivity contribution >= 4 is 15.9 Å². The number of carbonyl (C=O) groups is 1. The summed E-state index contributed by atoms with van der Waals surface area (Å²) in [7, 11) is -2.73. The zero-order valence-corrected chi connectivity index (χ0v) is 7.43. The third-order valence-electron chi connectivity index (χ3n) is 1.83. The Morgan fingerprint density at radius 3 is 2.50 bits per heavy atom. The summed E-state index contributed by atoms with van der Waals surface area (Å²) in [5.74, 6) is 0.725. The molecule has 0 spiro atoms. The third-order valence-corrected chi connectivity index (χ3v) is 3.79. The Bertz CT molecular complexity index is 261. The second-order valence-electron chi connectivity index (χ2n) is 3.02. The van der Waals surface area contributed by atoms with Gasteiger partial charge < -0.3 is 11.1 Å². The largest absolute Gasteiger partial charge is 0.352 e. The van der Waals surface area contributed by atoms with E-state index in [0.717, 1.165) is 0 Å². The second-order valence-corrected chi connectivity index (χ2v) is 5.18. The van der Waals surface area contributed by atoms with Gasteiger partial charge in [-0.2, -0.15) is 0 Å². The van der Waals surface area contributed by atoms with E-state index in [1.807, 2.05) is 0 Å². The van der Waals surface area contributed by atoms with Crippen molar-refractivity contribution in [3.05, 3.63) is 0 Å². The van der Waals surface area contributed by atoms with Crippen LogP contribution in [0.2, 0.25) is 0 Å². The minimum Gasteiger partial charge on any atom is -0.352 e. The zero-order chi connectivity index (χ0) is 9.19. The van der Waals surface area contributed by atoms with Crippen LogP contribution in [0, 0.1) is 5.92 Å². The number of hydrogen-bond donors (Lipinski definition) is 2. The number of carbonyl (C=O) groups excluding carboxylic acids is 1. The number of nitrogens with one attached hydrogen (secondary N) is 1. The molecule has 0 aromatic carbocycles. The molecule has 70 valence electrons. The first-order valence-electron chi connectivity index (χ1n) is 3.73. The molecular weight excluding hydrogens is 180 g/mol. The Hall–Kier alpha value is -0.780. The molecule has 0 saturated carbocycles. The number of sulfone groups is 1. The Morgan fingerprint density at radius 2 is 2.08 bits per heavy atom. The molecule has 12 heavy (non-hydrogen) atoms. The first-order valence-corrected chi connectivity index (χ1v) is 5.55. The molecule has 1 fully saturated rings. The van der Waals surface area contributed by atoms with Gasteiger partial charge in [-0.1, -0.05) is 0 Å². The van der Waals surface area contributed by atoms with E-state index in [1.165, 1.54) is 0 Å². The van der Waals surface area contributed by atoms with Crippen LogP contribution in [0.5, 0.6) is 0 Å². The zero-order valence-electron chi connectivity index (χ0n) is 6.62. The fourth-order valence-corrected chi connectivity index (χ4v) is 2.91. The lowest BCUT2D eigenvalue weighted by molar-refractivity contribution is 0.248. The number of hydrogen-bond acceptors (Lipinski definition) is 3. The molecule has 0 bridgehead atoms. The van der Waals surface area contributed by atoms with Crippen molar-refractivity contribution in [2.75, 3.05) is 18.1 Å². The van der Waals surface area contributed by atoms with Crippen molar-refractivity contribution in [3.8, 4) is 0 Å². The summed E-state index contributed by atoms with van der Waals surface area (Å²) in [6.45, 7) is 0.468. The van der Waals surface area contributed by atoms with Gasteiger partial charge in [0.15, 0.2) is 9.84 Å². The molecule has 0 aliphatic carbocycles. The molecule has 6 heteroatoms. The lowest BCUT2D eigenvalue weighted by Gasteiger charge is -2.25. The molecular formula is C6H12N2O3S. The second kappa shape index (κ2) is 3.30. The van der Waals surface area contributed by atoms with Crippen LogP contribution in [0.4, 0.5) is 4.79 Å². The molecule has 1 aliphatic rings. The van der Waals surface area contributed by atoms with Crippen LogP contribution in [0.1, 0.15) is 6.42 Å². The fourth-order valence-electron chi connectivity index (χ4n) is 1.24. The van der Waals surface area contributed by atoms with Crippen LogP contribution in [0.25, 0.3) is 0 Å². The molecule has 1 saturated heterocycles. The predicted octanol–water partition coefficient (Wildman–Crippen LogP) is -0.911. The maximum atomic E-state index is 10.7. The van der Waals surface area contributed by atoms with Crippen LogP contribution >= 0.6 is 0 Å². The summed E-state index contributed by atoms with van der Waals surface area (Å²) in [5, 5.41) is 2.42. The quantitative estimate of drug-likeness (QED) is 0.606. The van der Waals surface area contributed by atoms with Crippen LogP contribution < -0.4 is 11.1 Å². The van der Waals surface area contributed by atoms with E-state index in [2.05, 4.69) is 5.32 Å². The lowest BCUT2D eigenvalue weighted by Crippen LogP contribution is -2.39. The predicted molar refractivity (Wildman–Crippen MR) is 44.3 cm³/mol. The molecule has 3 N–H and O–H groups in total. The SMILES string of the molecule is NC(=O)NCCC1CS(=O)(=O)C1. The van der Waals surface area contributed by atoms with Gasteiger partial charge >= 0.3 is 6.03 Å². The average molecular weight is 192 g/mol.